The number of ether oxygens (including phenoxy) is 2. The van der Waals surface area contributed by atoms with Crippen LogP contribution in [-0.4, -0.2) is 31.0 Å². The molecule has 1 fully saturated rings. The predicted molar refractivity (Wildman–Crippen MR) is 137 cm³/mol. The molecule has 3 aromatic rings. The van der Waals surface area contributed by atoms with Gasteiger partial charge in [0.1, 0.15) is 10.8 Å². The van der Waals surface area contributed by atoms with Crippen LogP contribution in [0, 0.1) is 13.8 Å². The highest BCUT2D eigenvalue weighted by Crippen LogP contribution is 2.48. The minimum absolute atomic E-state index is 0.0312. The van der Waals surface area contributed by atoms with E-state index in [-0.39, 0.29) is 32.7 Å². The standard InChI is InChI=1S/C27H23Cl2NO5/c1-14-10-11-17(12-15(14)2)30-22(16-8-6-5-7-9-16)20(24(32)27(30)33)23(31)18-13-19(28)26(35-4)21(29)25(18)34-3/h5-13,22,31H,1-4H3/b23-20+. The molecule has 1 amide bonds. The molecule has 0 spiro atoms. The van der Waals surface area contributed by atoms with Gasteiger partial charge in [0.15, 0.2) is 11.5 Å². The average Bonchev–Trinajstić information content (AvgIpc) is 3.11. The molecule has 1 aliphatic heterocycles. The first-order chi connectivity index (χ1) is 16.7. The fraction of sp³-hybridized carbons (Fsp3) is 0.185. The molecular weight excluding hydrogens is 489 g/mol. The zero-order valence-electron chi connectivity index (χ0n) is 19.6. The number of anilines is 1. The van der Waals surface area contributed by atoms with Crippen molar-refractivity contribution in [3.05, 3.63) is 92.5 Å². The molecule has 1 N–H and O–H groups in total. The second-order valence-electron chi connectivity index (χ2n) is 8.13. The van der Waals surface area contributed by atoms with Gasteiger partial charge in [0.05, 0.1) is 36.4 Å². The highest BCUT2D eigenvalue weighted by Gasteiger charge is 2.47. The molecule has 0 radical (unpaired) electrons. The van der Waals surface area contributed by atoms with E-state index in [9.17, 15) is 14.7 Å². The normalized spacial score (nSPS) is 17.1. The Balaban J connectivity index is 2.01. The van der Waals surface area contributed by atoms with E-state index in [1.54, 1.807) is 30.3 Å². The van der Waals surface area contributed by atoms with Gasteiger partial charge < -0.3 is 14.6 Å². The smallest absolute Gasteiger partial charge is 0.300 e. The van der Waals surface area contributed by atoms with Crippen LogP contribution in [0.4, 0.5) is 5.69 Å². The number of hydrogen-bond acceptors (Lipinski definition) is 5. The molecular formula is C27H23Cl2NO5. The van der Waals surface area contributed by atoms with Crippen LogP contribution in [0.5, 0.6) is 11.5 Å². The summed E-state index contributed by atoms with van der Waals surface area (Å²) in [7, 11) is 2.77. The molecule has 3 aromatic carbocycles. The summed E-state index contributed by atoms with van der Waals surface area (Å²) in [5, 5.41) is 11.6. The SMILES string of the molecule is COc1c(Cl)cc(/C(O)=C2\C(=O)C(=O)N(c3ccc(C)c(C)c3)C2c2ccccc2)c(OC)c1Cl. The topological polar surface area (TPSA) is 76.1 Å². The summed E-state index contributed by atoms with van der Waals surface area (Å²) in [5.41, 5.74) is 3.18. The van der Waals surface area contributed by atoms with Gasteiger partial charge in [-0.3, -0.25) is 14.5 Å². The van der Waals surface area contributed by atoms with Gasteiger partial charge in [-0.15, -0.1) is 0 Å². The van der Waals surface area contributed by atoms with Crippen LogP contribution < -0.4 is 14.4 Å². The molecule has 0 saturated carbocycles. The lowest BCUT2D eigenvalue weighted by Crippen LogP contribution is -2.29. The van der Waals surface area contributed by atoms with Crippen LogP contribution in [0.25, 0.3) is 5.76 Å². The third-order valence-corrected chi connectivity index (χ3v) is 6.75. The van der Waals surface area contributed by atoms with Gasteiger partial charge in [-0.25, -0.2) is 0 Å². The van der Waals surface area contributed by atoms with Crippen molar-refractivity contribution in [3.8, 4) is 11.5 Å². The molecule has 35 heavy (non-hydrogen) atoms. The number of aryl methyl sites for hydroxylation is 2. The number of amides is 1. The predicted octanol–water partition coefficient (Wildman–Crippen LogP) is 6.25. The number of ketones is 1. The van der Waals surface area contributed by atoms with E-state index in [0.29, 0.717) is 11.3 Å². The number of benzene rings is 3. The summed E-state index contributed by atoms with van der Waals surface area (Å²) in [5.74, 6) is -1.81. The average molecular weight is 512 g/mol. The van der Waals surface area contributed by atoms with Gasteiger partial charge in [-0.2, -0.15) is 0 Å². The molecule has 1 aliphatic rings. The molecule has 1 heterocycles. The summed E-state index contributed by atoms with van der Waals surface area (Å²) >= 11 is 12.7. The van der Waals surface area contributed by atoms with E-state index in [1.165, 1.54) is 25.2 Å². The zero-order valence-corrected chi connectivity index (χ0v) is 21.1. The first kappa shape index (κ1) is 24.6. The van der Waals surface area contributed by atoms with Crippen LogP contribution >= 0.6 is 23.2 Å². The molecule has 6 nitrogen and oxygen atoms in total. The maximum atomic E-state index is 13.4. The summed E-state index contributed by atoms with van der Waals surface area (Å²) < 4.78 is 10.7. The maximum Gasteiger partial charge on any atom is 0.300 e. The third kappa shape index (κ3) is 4.13. The van der Waals surface area contributed by atoms with E-state index >= 15 is 0 Å². The summed E-state index contributed by atoms with van der Waals surface area (Å²) in [6, 6.07) is 15.1. The lowest BCUT2D eigenvalue weighted by atomic mass is 9.94. The van der Waals surface area contributed by atoms with Gasteiger partial charge in [-0.05, 0) is 48.7 Å². The molecule has 0 aromatic heterocycles. The van der Waals surface area contributed by atoms with Crippen molar-refractivity contribution in [3.63, 3.8) is 0 Å². The lowest BCUT2D eigenvalue weighted by Gasteiger charge is -2.26. The first-order valence-electron chi connectivity index (χ1n) is 10.7. The summed E-state index contributed by atoms with van der Waals surface area (Å²) in [6.07, 6.45) is 0. The van der Waals surface area contributed by atoms with Crippen LogP contribution in [0.3, 0.4) is 0 Å². The Morgan fingerprint density at radius 2 is 1.57 bits per heavy atom. The monoisotopic (exact) mass is 511 g/mol. The van der Waals surface area contributed by atoms with Crippen molar-refractivity contribution in [2.24, 2.45) is 0 Å². The Labute approximate surface area is 213 Å². The molecule has 1 saturated heterocycles. The number of carbonyl (C=O) groups is 2. The van der Waals surface area contributed by atoms with Gasteiger partial charge >= 0.3 is 0 Å². The summed E-state index contributed by atoms with van der Waals surface area (Å²) in [6.45, 7) is 3.89. The van der Waals surface area contributed by atoms with E-state index in [2.05, 4.69) is 0 Å². The number of hydrogen-bond donors (Lipinski definition) is 1. The molecule has 1 unspecified atom stereocenters. The minimum atomic E-state index is -0.886. The highest BCUT2D eigenvalue weighted by molar-refractivity contribution is 6.52. The van der Waals surface area contributed by atoms with Crippen molar-refractivity contribution in [2.45, 2.75) is 19.9 Å². The quantitative estimate of drug-likeness (QED) is 0.248. The van der Waals surface area contributed by atoms with Crippen LogP contribution in [-0.2, 0) is 9.59 Å². The Morgan fingerprint density at radius 1 is 0.914 bits per heavy atom. The molecule has 4 rings (SSSR count). The fourth-order valence-electron chi connectivity index (χ4n) is 4.22. The second-order valence-corrected chi connectivity index (χ2v) is 8.92. The Morgan fingerprint density at radius 3 is 2.17 bits per heavy atom. The van der Waals surface area contributed by atoms with Crippen molar-refractivity contribution in [2.75, 3.05) is 19.1 Å². The lowest BCUT2D eigenvalue weighted by molar-refractivity contribution is -0.132. The zero-order chi connectivity index (χ0) is 25.4. The van der Waals surface area contributed by atoms with Gasteiger partial charge in [-0.1, -0.05) is 59.6 Å². The number of nitrogens with zero attached hydrogens (tertiary/aromatic N) is 1. The van der Waals surface area contributed by atoms with Crippen molar-refractivity contribution < 1.29 is 24.2 Å². The van der Waals surface area contributed by atoms with E-state index < -0.39 is 23.5 Å². The Kier molecular flexibility index (Phi) is 6.79. The number of aliphatic hydroxyl groups excluding tert-OH is 1. The van der Waals surface area contributed by atoms with Crippen LogP contribution in [0.1, 0.15) is 28.3 Å². The number of rotatable bonds is 5. The number of Topliss-reactive ketones (excluding diaryl/α,β-unsaturated/α-hetero) is 1. The highest BCUT2D eigenvalue weighted by atomic mass is 35.5. The number of aliphatic hydroxyl groups is 1. The molecule has 0 aliphatic carbocycles. The van der Waals surface area contributed by atoms with E-state index in [4.69, 9.17) is 32.7 Å². The maximum absolute atomic E-state index is 13.4. The number of carbonyl (C=O) groups excluding carboxylic acids is 2. The second kappa shape index (κ2) is 9.64. The van der Waals surface area contributed by atoms with Gasteiger partial charge in [0, 0.05) is 5.69 Å². The van der Waals surface area contributed by atoms with Crippen molar-refractivity contribution in [1.82, 2.24) is 0 Å². The Hall–Kier alpha value is -3.48. The first-order valence-corrected chi connectivity index (χ1v) is 11.5. The van der Waals surface area contributed by atoms with Crippen molar-refractivity contribution >= 4 is 46.3 Å². The van der Waals surface area contributed by atoms with Crippen LogP contribution in [0.15, 0.2) is 60.2 Å². The van der Waals surface area contributed by atoms with Gasteiger partial charge in [0.25, 0.3) is 11.7 Å². The van der Waals surface area contributed by atoms with Gasteiger partial charge in [0.2, 0.25) is 0 Å². The number of halogens is 2. The number of methoxy groups -OCH3 is 2. The van der Waals surface area contributed by atoms with Crippen LogP contribution in [0.2, 0.25) is 10.0 Å². The molecule has 1 atom stereocenters. The minimum Gasteiger partial charge on any atom is -0.507 e. The molecule has 8 heteroatoms. The van der Waals surface area contributed by atoms with E-state index in [1.807, 2.05) is 32.0 Å². The third-order valence-electron chi connectivity index (χ3n) is 6.12. The molecule has 0 bridgehead atoms. The largest absolute Gasteiger partial charge is 0.507 e. The van der Waals surface area contributed by atoms with Crippen molar-refractivity contribution in [1.29, 1.82) is 0 Å². The fourth-order valence-corrected chi connectivity index (χ4v) is 4.90. The summed E-state index contributed by atoms with van der Waals surface area (Å²) in [4.78, 5) is 28.1. The molecule has 180 valence electrons. The van der Waals surface area contributed by atoms with E-state index in [0.717, 1.165) is 11.1 Å². The Bertz CT molecular complexity index is 1370.